The van der Waals surface area contributed by atoms with Crippen molar-refractivity contribution in [1.29, 1.82) is 0 Å². The van der Waals surface area contributed by atoms with Crippen molar-refractivity contribution >= 4 is 0 Å². The lowest BCUT2D eigenvalue weighted by atomic mass is 10.1. The van der Waals surface area contributed by atoms with Gasteiger partial charge in [-0.25, -0.2) is 9.36 Å². The van der Waals surface area contributed by atoms with E-state index in [1.807, 2.05) is 18.2 Å². The van der Waals surface area contributed by atoms with Crippen LogP contribution >= 0.6 is 0 Å². The van der Waals surface area contributed by atoms with E-state index in [1.54, 1.807) is 12.1 Å². The topological polar surface area (TPSA) is 103 Å². The number of benzene rings is 1. The molecule has 0 spiro atoms. The fraction of sp³-hybridized carbons (Fsp3) is 0.412. The number of aliphatic hydroxyl groups excluding tert-OH is 2. The van der Waals surface area contributed by atoms with E-state index < -0.39 is 48.3 Å². The van der Waals surface area contributed by atoms with Gasteiger partial charge in [-0.2, -0.15) is 4.39 Å². The molecule has 0 bridgehead atoms. The molecule has 1 aliphatic rings. The molecule has 1 fully saturated rings. The fourth-order valence-electron chi connectivity index (χ4n) is 2.77. The third-order valence-corrected chi connectivity index (χ3v) is 4.24. The number of nitrogens with zero attached hydrogens (tertiary/aromatic N) is 2. The molecule has 0 amide bonds. The minimum Gasteiger partial charge on any atom is -0.388 e. The van der Waals surface area contributed by atoms with Crippen molar-refractivity contribution in [3.8, 4) is 0 Å². The number of ether oxygens (including phenoxy) is 2. The Bertz CT molecular complexity index is 881. The maximum atomic E-state index is 14.0. The molecule has 1 saturated heterocycles. The molecular weight excluding hydrogens is 347 g/mol. The van der Waals surface area contributed by atoms with Crippen LogP contribution in [0.5, 0.6) is 0 Å². The van der Waals surface area contributed by atoms with Gasteiger partial charge in [0.15, 0.2) is 6.23 Å². The van der Waals surface area contributed by atoms with E-state index in [9.17, 15) is 24.2 Å². The summed E-state index contributed by atoms with van der Waals surface area (Å²) < 4.78 is 26.0. The average Bonchev–Trinajstić information content (AvgIpc) is 2.89. The molecule has 2 aromatic rings. The van der Waals surface area contributed by atoms with Crippen molar-refractivity contribution in [3.63, 3.8) is 0 Å². The van der Waals surface area contributed by atoms with Gasteiger partial charge in [-0.05, 0) is 12.5 Å². The first kappa shape index (κ1) is 18.5. The van der Waals surface area contributed by atoms with E-state index in [4.69, 9.17) is 9.47 Å². The Labute approximate surface area is 147 Å². The van der Waals surface area contributed by atoms with Crippen LogP contribution in [0.4, 0.5) is 4.39 Å². The largest absolute Gasteiger partial charge is 0.388 e. The molecule has 4 atom stereocenters. The molecule has 2 N–H and O–H groups in total. The average molecular weight is 366 g/mol. The van der Waals surface area contributed by atoms with E-state index in [2.05, 4.69) is 0 Å². The summed E-state index contributed by atoms with van der Waals surface area (Å²) >= 11 is 0. The molecule has 0 aliphatic carbocycles. The van der Waals surface area contributed by atoms with Crippen molar-refractivity contribution < 1.29 is 24.1 Å². The highest BCUT2D eigenvalue weighted by molar-refractivity contribution is 5.13. The molecule has 140 valence electrons. The molecular formula is C17H19FN2O6. The van der Waals surface area contributed by atoms with Crippen LogP contribution in [0.1, 0.15) is 18.7 Å². The highest BCUT2D eigenvalue weighted by Crippen LogP contribution is 2.27. The highest BCUT2D eigenvalue weighted by Gasteiger charge is 2.42. The summed E-state index contributed by atoms with van der Waals surface area (Å²) in [7, 11) is 0. The van der Waals surface area contributed by atoms with E-state index in [0.29, 0.717) is 10.8 Å². The third kappa shape index (κ3) is 3.47. The lowest BCUT2D eigenvalue weighted by Gasteiger charge is -2.19. The highest BCUT2D eigenvalue weighted by atomic mass is 19.1. The standard InChI is InChI=1S/C17H19FN2O6/c1-10-13(21)14(22)16(26-10)19-7-12(18)15(23)20(17(19)24)9-25-8-11-5-3-2-4-6-11/h2-7,10,13-14,16,21-22H,8-9H2,1H3/t10-,13-,14-,16-/m1/s1. The summed E-state index contributed by atoms with van der Waals surface area (Å²) in [5.74, 6) is -1.20. The Balaban J connectivity index is 1.85. The zero-order valence-electron chi connectivity index (χ0n) is 14.0. The predicted octanol–water partition coefficient (Wildman–Crippen LogP) is -0.0375. The maximum Gasteiger partial charge on any atom is 0.335 e. The second-order valence-corrected chi connectivity index (χ2v) is 6.08. The summed E-state index contributed by atoms with van der Waals surface area (Å²) in [5, 5.41) is 19.8. The number of hydrogen-bond donors (Lipinski definition) is 2. The number of aromatic nitrogens is 2. The first-order valence-corrected chi connectivity index (χ1v) is 8.05. The van der Waals surface area contributed by atoms with Crippen molar-refractivity contribution in [2.75, 3.05) is 0 Å². The van der Waals surface area contributed by atoms with E-state index in [1.165, 1.54) is 6.92 Å². The molecule has 0 saturated carbocycles. The Morgan fingerprint density at radius 3 is 2.50 bits per heavy atom. The maximum absolute atomic E-state index is 14.0. The van der Waals surface area contributed by atoms with E-state index in [-0.39, 0.29) is 6.61 Å². The molecule has 8 nitrogen and oxygen atoms in total. The third-order valence-electron chi connectivity index (χ3n) is 4.24. The van der Waals surface area contributed by atoms with Crippen LogP contribution in [-0.2, 0) is 22.8 Å². The molecule has 9 heteroatoms. The van der Waals surface area contributed by atoms with Gasteiger partial charge in [-0.3, -0.25) is 9.36 Å². The summed E-state index contributed by atoms with van der Waals surface area (Å²) in [6.07, 6.45) is -4.05. The quantitative estimate of drug-likeness (QED) is 0.770. The minimum atomic E-state index is -1.43. The smallest absolute Gasteiger partial charge is 0.335 e. The molecule has 0 radical (unpaired) electrons. The van der Waals surface area contributed by atoms with Gasteiger partial charge in [0.2, 0.25) is 5.82 Å². The van der Waals surface area contributed by atoms with Crippen molar-refractivity contribution in [3.05, 3.63) is 68.7 Å². The number of rotatable bonds is 5. The van der Waals surface area contributed by atoms with E-state index in [0.717, 1.165) is 10.1 Å². The molecule has 1 aliphatic heterocycles. The zero-order chi connectivity index (χ0) is 18.8. The van der Waals surface area contributed by atoms with Crippen molar-refractivity contribution in [1.82, 2.24) is 9.13 Å². The van der Waals surface area contributed by atoms with Crippen molar-refractivity contribution in [2.45, 2.75) is 44.8 Å². The predicted molar refractivity (Wildman–Crippen MR) is 87.7 cm³/mol. The van der Waals surface area contributed by atoms with Gasteiger partial charge in [0.1, 0.15) is 18.9 Å². The summed E-state index contributed by atoms with van der Waals surface area (Å²) in [4.78, 5) is 24.5. The number of hydrogen-bond acceptors (Lipinski definition) is 6. The number of halogens is 1. The lowest BCUT2D eigenvalue weighted by Crippen LogP contribution is -2.45. The van der Waals surface area contributed by atoms with Crippen LogP contribution in [0.3, 0.4) is 0 Å². The van der Waals surface area contributed by atoms with Gasteiger partial charge in [0, 0.05) is 0 Å². The van der Waals surface area contributed by atoms with Crippen LogP contribution in [0, 0.1) is 5.82 Å². The molecule has 2 heterocycles. The normalized spacial score (nSPS) is 25.5. The first-order chi connectivity index (χ1) is 12.4. The van der Waals surface area contributed by atoms with Crippen LogP contribution in [0.2, 0.25) is 0 Å². The van der Waals surface area contributed by atoms with Gasteiger partial charge >= 0.3 is 5.69 Å². The van der Waals surface area contributed by atoms with Crippen LogP contribution < -0.4 is 11.2 Å². The summed E-state index contributed by atoms with van der Waals surface area (Å²) in [6, 6.07) is 9.06. The second kappa shape index (κ2) is 7.50. The van der Waals surface area contributed by atoms with Crippen LogP contribution in [-0.4, -0.2) is 37.7 Å². The van der Waals surface area contributed by atoms with Crippen LogP contribution in [0.15, 0.2) is 46.1 Å². The molecule has 0 unspecified atom stereocenters. The fourth-order valence-corrected chi connectivity index (χ4v) is 2.77. The second-order valence-electron chi connectivity index (χ2n) is 6.08. The Kier molecular flexibility index (Phi) is 5.33. The van der Waals surface area contributed by atoms with Crippen molar-refractivity contribution in [2.24, 2.45) is 0 Å². The first-order valence-electron chi connectivity index (χ1n) is 8.05. The molecule has 3 rings (SSSR count). The minimum absolute atomic E-state index is 0.127. The van der Waals surface area contributed by atoms with Gasteiger partial charge < -0.3 is 19.7 Å². The summed E-state index contributed by atoms with van der Waals surface area (Å²) in [6.45, 7) is 1.17. The molecule has 1 aromatic carbocycles. The van der Waals surface area contributed by atoms with Crippen LogP contribution in [0.25, 0.3) is 0 Å². The lowest BCUT2D eigenvalue weighted by molar-refractivity contribution is -0.0383. The van der Waals surface area contributed by atoms with Gasteiger partial charge in [-0.15, -0.1) is 0 Å². The Morgan fingerprint density at radius 2 is 1.88 bits per heavy atom. The molecule has 1 aromatic heterocycles. The van der Waals surface area contributed by atoms with Gasteiger partial charge in [0.05, 0.1) is 18.9 Å². The number of aliphatic hydroxyl groups is 2. The SMILES string of the molecule is C[C@H]1O[C@@H](n2cc(F)c(=O)n(COCc3ccccc3)c2=O)[C@H](O)[C@@H]1O. The monoisotopic (exact) mass is 366 g/mol. The zero-order valence-corrected chi connectivity index (χ0v) is 14.0. The van der Waals surface area contributed by atoms with Gasteiger partial charge in [0.25, 0.3) is 5.56 Å². The van der Waals surface area contributed by atoms with Gasteiger partial charge in [-0.1, -0.05) is 30.3 Å². The molecule has 26 heavy (non-hydrogen) atoms. The Hall–Kier alpha value is -2.33. The van der Waals surface area contributed by atoms with E-state index >= 15 is 0 Å². The summed E-state index contributed by atoms with van der Waals surface area (Å²) in [5.41, 5.74) is -1.22. The Morgan fingerprint density at radius 1 is 1.19 bits per heavy atom.